The number of hydrogen-bond acceptors (Lipinski definition) is 6. The molecule has 0 saturated carbocycles. The number of carbonyl (C=O) groups is 1. The molecule has 0 spiro atoms. The van der Waals surface area contributed by atoms with Crippen molar-refractivity contribution in [1.82, 2.24) is 15.3 Å². The van der Waals surface area contributed by atoms with Crippen LogP contribution in [0.2, 0.25) is 0 Å². The van der Waals surface area contributed by atoms with Gasteiger partial charge in [0.25, 0.3) is 0 Å². The Kier molecular flexibility index (Phi) is 7.05. The second kappa shape index (κ2) is 9.71. The van der Waals surface area contributed by atoms with Gasteiger partial charge in [-0.15, -0.1) is 0 Å². The Balaban J connectivity index is 1.54. The summed E-state index contributed by atoms with van der Waals surface area (Å²) in [6, 6.07) is 0. The van der Waals surface area contributed by atoms with Gasteiger partial charge in [-0.25, -0.2) is 9.97 Å². The molecule has 3 rings (SSSR count). The molecule has 0 radical (unpaired) electrons. The van der Waals surface area contributed by atoms with Crippen LogP contribution in [0.5, 0.6) is 0 Å². The number of aromatic nitrogens is 2. The molecule has 2 aliphatic heterocycles. The Hall–Kier alpha value is -1.89. The molecule has 3 heterocycles. The van der Waals surface area contributed by atoms with Crippen LogP contribution in [-0.2, 0) is 9.53 Å². The van der Waals surface area contributed by atoms with Gasteiger partial charge in [-0.2, -0.15) is 0 Å². The molecule has 144 valence electrons. The maximum atomic E-state index is 12.3. The van der Waals surface area contributed by atoms with Crippen molar-refractivity contribution >= 4 is 17.4 Å². The zero-order chi connectivity index (χ0) is 18.2. The number of carbonyl (C=O) groups excluding carboxylic acids is 1. The van der Waals surface area contributed by atoms with Crippen LogP contribution < -0.4 is 15.1 Å². The number of nitrogens with zero attached hydrogens (tertiary/aromatic N) is 4. The number of piperidine rings is 2. The Morgan fingerprint density at radius 3 is 2.69 bits per heavy atom. The molecular weight excluding hydrogens is 330 g/mol. The van der Waals surface area contributed by atoms with Crippen molar-refractivity contribution in [2.45, 2.75) is 38.5 Å². The van der Waals surface area contributed by atoms with Gasteiger partial charge in [0, 0.05) is 52.4 Å². The summed E-state index contributed by atoms with van der Waals surface area (Å²) in [4.78, 5) is 25.9. The topological polar surface area (TPSA) is 70.6 Å². The van der Waals surface area contributed by atoms with Gasteiger partial charge in [0.05, 0.1) is 11.9 Å². The minimum Gasteiger partial charge on any atom is -0.385 e. The molecule has 0 bridgehead atoms. The molecule has 1 amide bonds. The lowest BCUT2D eigenvalue weighted by molar-refractivity contribution is -0.125. The van der Waals surface area contributed by atoms with Gasteiger partial charge in [-0.1, -0.05) is 0 Å². The van der Waals surface area contributed by atoms with E-state index in [0.717, 1.165) is 56.9 Å². The third kappa shape index (κ3) is 4.84. The molecule has 0 unspecified atom stereocenters. The number of rotatable bonds is 7. The van der Waals surface area contributed by atoms with E-state index in [1.54, 1.807) is 13.4 Å². The number of ether oxygens (including phenoxy) is 1. The average molecular weight is 361 g/mol. The summed E-state index contributed by atoms with van der Waals surface area (Å²) < 4.78 is 5.02. The molecular formula is C19H31N5O2. The number of hydrogen-bond donors (Lipinski definition) is 1. The monoisotopic (exact) mass is 361 g/mol. The molecule has 2 saturated heterocycles. The molecule has 0 atom stereocenters. The summed E-state index contributed by atoms with van der Waals surface area (Å²) in [5, 5.41) is 3.03. The van der Waals surface area contributed by atoms with E-state index in [0.29, 0.717) is 13.2 Å². The Labute approximate surface area is 156 Å². The Bertz CT molecular complexity index is 569. The van der Waals surface area contributed by atoms with Gasteiger partial charge in [-0.05, 0) is 38.5 Å². The van der Waals surface area contributed by atoms with E-state index in [-0.39, 0.29) is 11.8 Å². The number of nitrogens with one attached hydrogen (secondary N) is 1. The molecule has 7 heteroatoms. The normalized spacial score (nSPS) is 18.8. The predicted molar refractivity (Wildman–Crippen MR) is 103 cm³/mol. The first-order valence-electron chi connectivity index (χ1n) is 9.86. The highest BCUT2D eigenvalue weighted by Crippen LogP contribution is 2.31. The first kappa shape index (κ1) is 18.9. The van der Waals surface area contributed by atoms with Gasteiger partial charge in [0.2, 0.25) is 5.91 Å². The molecule has 1 N–H and O–H groups in total. The lowest BCUT2D eigenvalue weighted by atomic mass is 9.95. The van der Waals surface area contributed by atoms with Crippen LogP contribution in [-0.4, -0.2) is 62.3 Å². The van der Waals surface area contributed by atoms with E-state index in [1.807, 2.05) is 6.20 Å². The standard InChI is InChI=1S/C19H31N5O2/c1-26-13-5-8-21-19(25)16-6-11-23(12-7-16)17-14-20-15-22-18(17)24-9-3-2-4-10-24/h14-16H,2-13H2,1H3,(H,21,25). The first-order chi connectivity index (χ1) is 12.8. The Morgan fingerprint density at radius 1 is 1.19 bits per heavy atom. The highest BCUT2D eigenvalue weighted by molar-refractivity contribution is 5.79. The molecule has 0 aliphatic carbocycles. The summed E-state index contributed by atoms with van der Waals surface area (Å²) in [7, 11) is 1.68. The fourth-order valence-electron chi connectivity index (χ4n) is 3.84. The quantitative estimate of drug-likeness (QED) is 0.747. The molecule has 0 aromatic carbocycles. The highest BCUT2D eigenvalue weighted by atomic mass is 16.5. The van der Waals surface area contributed by atoms with E-state index in [2.05, 4.69) is 25.1 Å². The predicted octanol–water partition coefficient (Wildman–Crippen LogP) is 1.84. The number of anilines is 2. The van der Waals surface area contributed by atoms with Crippen LogP contribution in [0.15, 0.2) is 12.5 Å². The molecule has 26 heavy (non-hydrogen) atoms. The van der Waals surface area contributed by atoms with Gasteiger partial charge in [0.15, 0.2) is 5.82 Å². The van der Waals surface area contributed by atoms with Gasteiger partial charge in [0.1, 0.15) is 6.33 Å². The van der Waals surface area contributed by atoms with Crippen molar-refractivity contribution in [1.29, 1.82) is 0 Å². The van der Waals surface area contributed by atoms with E-state index in [4.69, 9.17) is 4.74 Å². The molecule has 1 aromatic rings. The lowest BCUT2D eigenvalue weighted by Crippen LogP contribution is -2.42. The molecule has 7 nitrogen and oxygen atoms in total. The van der Waals surface area contributed by atoms with Crippen molar-refractivity contribution < 1.29 is 9.53 Å². The minimum atomic E-state index is 0.108. The second-order valence-electron chi connectivity index (χ2n) is 7.18. The maximum absolute atomic E-state index is 12.3. The minimum absolute atomic E-state index is 0.108. The van der Waals surface area contributed by atoms with Crippen molar-refractivity contribution in [3.63, 3.8) is 0 Å². The largest absolute Gasteiger partial charge is 0.385 e. The van der Waals surface area contributed by atoms with Crippen LogP contribution in [0.4, 0.5) is 11.5 Å². The van der Waals surface area contributed by atoms with E-state index in [1.165, 1.54) is 19.3 Å². The number of amides is 1. The van der Waals surface area contributed by atoms with E-state index >= 15 is 0 Å². The first-order valence-corrected chi connectivity index (χ1v) is 9.86. The van der Waals surface area contributed by atoms with Crippen LogP contribution in [0.1, 0.15) is 38.5 Å². The van der Waals surface area contributed by atoms with Gasteiger partial charge in [-0.3, -0.25) is 4.79 Å². The molecule has 1 aromatic heterocycles. The van der Waals surface area contributed by atoms with E-state index in [9.17, 15) is 4.79 Å². The summed E-state index contributed by atoms with van der Waals surface area (Å²) in [5.41, 5.74) is 1.12. The van der Waals surface area contributed by atoms with Crippen LogP contribution in [0, 0.1) is 5.92 Å². The van der Waals surface area contributed by atoms with Crippen molar-refractivity contribution in [2.75, 3.05) is 56.2 Å². The van der Waals surface area contributed by atoms with Crippen LogP contribution in [0.3, 0.4) is 0 Å². The van der Waals surface area contributed by atoms with E-state index < -0.39 is 0 Å². The fourth-order valence-corrected chi connectivity index (χ4v) is 3.84. The molecule has 2 fully saturated rings. The lowest BCUT2D eigenvalue weighted by Gasteiger charge is -2.36. The van der Waals surface area contributed by atoms with Crippen molar-refractivity contribution in [2.24, 2.45) is 5.92 Å². The number of methoxy groups -OCH3 is 1. The van der Waals surface area contributed by atoms with Crippen molar-refractivity contribution in [3.8, 4) is 0 Å². The maximum Gasteiger partial charge on any atom is 0.223 e. The summed E-state index contributed by atoms with van der Waals surface area (Å²) in [6.07, 6.45) is 9.97. The van der Waals surface area contributed by atoms with Crippen LogP contribution in [0.25, 0.3) is 0 Å². The van der Waals surface area contributed by atoms with Gasteiger partial charge >= 0.3 is 0 Å². The average Bonchev–Trinajstić information content (AvgIpc) is 2.72. The Morgan fingerprint density at radius 2 is 1.96 bits per heavy atom. The van der Waals surface area contributed by atoms with Gasteiger partial charge < -0.3 is 19.9 Å². The SMILES string of the molecule is COCCCNC(=O)C1CCN(c2cncnc2N2CCCCC2)CC1. The third-order valence-electron chi connectivity index (χ3n) is 5.36. The molecule has 2 aliphatic rings. The smallest absolute Gasteiger partial charge is 0.223 e. The zero-order valence-corrected chi connectivity index (χ0v) is 15.8. The second-order valence-corrected chi connectivity index (χ2v) is 7.18. The fraction of sp³-hybridized carbons (Fsp3) is 0.737. The van der Waals surface area contributed by atoms with Crippen molar-refractivity contribution in [3.05, 3.63) is 12.5 Å². The summed E-state index contributed by atoms with van der Waals surface area (Å²) in [5.74, 6) is 1.35. The third-order valence-corrected chi connectivity index (χ3v) is 5.36. The summed E-state index contributed by atoms with van der Waals surface area (Å²) in [6.45, 7) is 5.29. The highest BCUT2D eigenvalue weighted by Gasteiger charge is 2.27. The zero-order valence-electron chi connectivity index (χ0n) is 15.8. The summed E-state index contributed by atoms with van der Waals surface area (Å²) >= 11 is 0. The van der Waals surface area contributed by atoms with Crippen LogP contribution >= 0.6 is 0 Å².